The van der Waals surface area contributed by atoms with Gasteiger partial charge in [0.2, 0.25) is 5.91 Å². The van der Waals surface area contributed by atoms with Crippen molar-refractivity contribution in [3.05, 3.63) is 30.1 Å². The molecule has 3 heterocycles. The topological polar surface area (TPSA) is 83.8 Å². The molecule has 0 aromatic carbocycles. The highest BCUT2D eigenvalue weighted by atomic mass is 16.2. The molecule has 0 radical (unpaired) electrons. The number of anilines is 1. The molecule has 1 aliphatic rings. The molecule has 1 saturated heterocycles. The smallest absolute Gasteiger partial charge is 0.296 e. The molecular formula is C12H10N4O3. The van der Waals surface area contributed by atoms with Crippen LogP contribution in [0.3, 0.4) is 0 Å². The van der Waals surface area contributed by atoms with Crippen molar-refractivity contribution in [3.63, 3.8) is 0 Å². The van der Waals surface area contributed by atoms with E-state index in [0.29, 0.717) is 29.7 Å². The van der Waals surface area contributed by atoms with Gasteiger partial charge in [-0.2, -0.15) is 5.10 Å². The Morgan fingerprint density at radius 1 is 1.32 bits per heavy atom. The molecule has 0 unspecified atom stereocenters. The van der Waals surface area contributed by atoms with Gasteiger partial charge in [-0.15, -0.1) is 0 Å². The number of rotatable bonds is 2. The van der Waals surface area contributed by atoms with Crippen molar-refractivity contribution in [3.8, 4) is 0 Å². The minimum atomic E-state index is -0.470. The number of aromatic nitrogens is 2. The van der Waals surface area contributed by atoms with E-state index >= 15 is 0 Å². The first-order valence-electron chi connectivity index (χ1n) is 5.74. The summed E-state index contributed by atoms with van der Waals surface area (Å²) >= 11 is 0. The summed E-state index contributed by atoms with van der Waals surface area (Å²) in [5.41, 5.74) is 1.63. The van der Waals surface area contributed by atoms with E-state index in [1.165, 1.54) is 15.6 Å². The molecule has 19 heavy (non-hydrogen) atoms. The summed E-state index contributed by atoms with van der Waals surface area (Å²) in [4.78, 5) is 35.3. The zero-order chi connectivity index (χ0) is 13.4. The van der Waals surface area contributed by atoms with Crippen LogP contribution in [0.25, 0.3) is 5.52 Å². The zero-order valence-corrected chi connectivity index (χ0v) is 9.87. The third-order valence-electron chi connectivity index (χ3n) is 3.02. The van der Waals surface area contributed by atoms with Gasteiger partial charge in [-0.1, -0.05) is 6.07 Å². The Kier molecular flexibility index (Phi) is 2.52. The largest absolute Gasteiger partial charge is 0.328 e. The number of hydrogen-bond acceptors (Lipinski definition) is 4. The summed E-state index contributed by atoms with van der Waals surface area (Å²) in [7, 11) is 0. The summed E-state index contributed by atoms with van der Waals surface area (Å²) in [5, 5.41) is 6.35. The SMILES string of the molecule is O=Cc1cccc2c(N3CCC(=O)NC3=O)cnn12. The first kappa shape index (κ1) is 11.4. The molecule has 0 aliphatic carbocycles. The zero-order valence-electron chi connectivity index (χ0n) is 9.87. The van der Waals surface area contributed by atoms with Gasteiger partial charge in [0.25, 0.3) is 0 Å². The van der Waals surface area contributed by atoms with Crippen LogP contribution in [-0.4, -0.2) is 34.4 Å². The van der Waals surface area contributed by atoms with Crippen LogP contribution in [0.5, 0.6) is 0 Å². The average Bonchev–Trinajstić information content (AvgIpc) is 2.82. The van der Waals surface area contributed by atoms with Crippen LogP contribution in [0.1, 0.15) is 16.9 Å². The number of imide groups is 1. The number of aldehydes is 1. The quantitative estimate of drug-likeness (QED) is 0.799. The Bertz CT molecular complexity index is 691. The van der Waals surface area contributed by atoms with Crippen LogP contribution >= 0.6 is 0 Å². The van der Waals surface area contributed by atoms with E-state index < -0.39 is 6.03 Å². The number of urea groups is 1. The Morgan fingerprint density at radius 3 is 2.89 bits per heavy atom. The normalized spacial score (nSPS) is 15.7. The Morgan fingerprint density at radius 2 is 2.16 bits per heavy atom. The van der Waals surface area contributed by atoms with Crippen molar-refractivity contribution in [1.29, 1.82) is 0 Å². The summed E-state index contributed by atoms with van der Waals surface area (Å²) in [6.45, 7) is 0.303. The Hall–Kier alpha value is -2.70. The van der Waals surface area contributed by atoms with E-state index in [2.05, 4.69) is 10.4 Å². The van der Waals surface area contributed by atoms with E-state index in [4.69, 9.17) is 0 Å². The van der Waals surface area contributed by atoms with Crippen LogP contribution in [-0.2, 0) is 4.79 Å². The standard InChI is InChI=1S/C12H10N4O3/c17-7-8-2-1-3-9-10(6-13-16(8)9)15-5-4-11(18)14-12(15)19/h1-3,6-7H,4-5H2,(H,14,18,19). The van der Waals surface area contributed by atoms with Gasteiger partial charge in [0.1, 0.15) is 5.69 Å². The highest BCUT2D eigenvalue weighted by Gasteiger charge is 2.26. The lowest BCUT2D eigenvalue weighted by molar-refractivity contribution is -0.120. The van der Waals surface area contributed by atoms with Gasteiger partial charge in [-0.25, -0.2) is 9.31 Å². The maximum atomic E-state index is 11.8. The van der Waals surface area contributed by atoms with Gasteiger partial charge >= 0.3 is 6.03 Å². The van der Waals surface area contributed by atoms with Gasteiger partial charge in [0.05, 0.1) is 17.4 Å². The van der Waals surface area contributed by atoms with E-state index in [9.17, 15) is 14.4 Å². The molecule has 3 amide bonds. The van der Waals surface area contributed by atoms with Gasteiger partial charge in [-0.05, 0) is 12.1 Å². The van der Waals surface area contributed by atoms with Crippen molar-refractivity contribution >= 4 is 29.4 Å². The van der Waals surface area contributed by atoms with Gasteiger partial charge in [-0.3, -0.25) is 19.8 Å². The van der Waals surface area contributed by atoms with Gasteiger partial charge in [0.15, 0.2) is 6.29 Å². The second-order valence-electron chi connectivity index (χ2n) is 4.15. The van der Waals surface area contributed by atoms with Crippen molar-refractivity contribution in [2.75, 3.05) is 11.4 Å². The lowest BCUT2D eigenvalue weighted by atomic mass is 10.2. The summed E-state index contributed by atoms with van der Waals surface area (Å²) in [6, 6.07) is 4.65. The fourth-order valence-corrected chi connectivity index (χ4v) is 2.11. The van der Waals surface area contributed by atoms with E-state index in [0.717, 1.165) is 0 Å². The molecule has 7 heteroatoms. The summed E-state index contributed by atoms with van der Waals surface area (Å²) < 4.78 is 1.46. The first-order valence-corrected chi connectivity index (χ1v) is 5.74. The molecule has 0 bridgehead atoms. The molecule has 96 valence electrons. The minimum Gasteiger partial charge on any atom is -0.296 e. The van der Waals surface area contributed by atoms with Crippen LogP contribution in [0, 0.1) is 0 Å². The predicted molar refractivity (Wildman–Crippen MR) is 66.1 cm³/mol. The van der Waals surface area contributed by atoms with E-state index in [1.807, 2.05) is 0 Å². The van der Waals surface area contributed by atoms with Crippen molar-refractivity contribution < 1.29 is 14.4 Å². The molecule has 1 fully saturated rings. The molecular weight excluding hydrogens is 248 g/mol. The number of carbonyl (C=O) groups excluding carboxylic acids is 3. The van der Waals surface area contributed by atoms with Crippen LogP contribution in [0.2, 0.25) is 0 Å². The third-order valence-corrected chi connectivity index (χ3v) is 3.02. The summed E-state index contributed by atoms with van der Waals surface area (Å²) in [6.07, 6.45) is 2.46. The van der Waals surface area contributed by atoms with Crippen LogP contribution in [0.15, 0.2) is 24.4 Å². The maximum absolute atomic E-state index is 11.8. The molecule has 1 aliphatic heterocycles. The number of nitrogens with zero attached hydrogens (tertiary/aromatic N) is 3. The molecule has 3 rings (SSSR count). The molecule has 0 saturated carbocycles. The van der Waals surface area contributed by atoms with Crippen LogP contribution in [0.4, 0.5) is 10.5 Å². The number of pyridine rings is 1. The number of amides is 3. The fourth-order valence-electron chi connectivity index (χ4n) is 2.11. The average molecular weight is 258 g/mol. The number of nitrogens with one attached hydrogen (secondary N) is 1. The monoisotopic (exact) mass is 258 g/mol. The van der Waals surface area contributed by atoms with E-state index in [-0.39, 0.29) is 12.3 Å². The second-order valence-corrected chi connectivity index (χ2v) is 4.15. The second kappa shape index (κ2) is 4.20. The lowest BCUT2D eigenvalue weighted by Gasteiger charge is -2.25. The molecule has 1 N–H and O–H groups in total. The number of hydrogen-bond donors (Lipinski definition) is 1. The lowest BCUT2D eigenvalue weighted by Crippen LogP contribution is -2.49. The molecule has 0 spiro atoms. The molecule has 7 nitrogen and oxygen atoms in total. The molecule has 2 aromatic rings. The third kappa shape index (κ3) is 1.75. The predicted octanol–water partition coefficient (Wildman–Crippen LogP) is 0.593. The summed E-state index contributed by atoms with van der Waals surface area (Å²) in [5.74, 6) is -0.286. The number of carbonyl (C=O) groups is 3. The first-order chi connectivity index (χ1) is 9.20. The molecule has 0 atom stereocenters. The van der Waals surface area contributed by atoms with Crippen molar-refractivity contribution in [2.24, 2.45) is 0 Å². The highest BCUT2D eigenvalue weighted by molar-refractivity contribution is 6.07. The van der Waals surface area contributed by atoms with Crippen LogP contribution < -0.4 is 10.2 Å². The number of fused-ring (bicyclic) bond motifs is 1. The minimum absolute atomic E-state index is 0.246. The van der Waals surface area contributed by atoms with Gasteiger partial charge in [0, 0.05) is 13.0 Å². The van der Waals surface area contributed by atoms with Gasteiger partial charge < -0.3 is 0 Å². The van der Waals surface area contributed by atoms with Crippen molar-refractivity contribution in [2.45, 2.75) is 6.42 Å². The Labute approximate surface area is 107 Å². The molecule has 2 aromatic heterocycles. The maximum Gasteiger partial charge on any atom is 0.328 e. The van der Waals surface area contributed by atoms with E-state index in [1.54, 1.807) is 18.2 Å². The fraction of sp³-hybridized carbons (Fsp3) is 0.167. The van der Waals surface area contributed by atoms with Crippen molar-refractivity contribution in [1.82, 2.24) is 14.9 Å². The Balaban J connectivity index is 2.09. The highest BCUT2D eigenvalue weighted by Crippen LogP contribution is 2.23.